The van der Waals surface area contributed by atoms with E-state index in [4.69, 9.17) is 5.11 Å². The Kier molecular flexibility index (Phi) is 8.58. The Balaban J connectivity index is 0.000000234. The molecule has 5 nitrogen and oxygen atoms in total. The van der Waals surface area contributed by atoms with Gasteiger partial charge in [0.1, 0.15) is 6.29 Å². The van der Waals surface area contributed by atoms with E-state index in [1.54, 1.807) is 24.3 Å². The number of halogens is 5. The summed E-state index contributed by atoms with van der Waals surface area (Å²) in [6.07, 6.45) is -6.19. The fourth-order valence-corrected chi connectivity index (χ4v) is 4.62. The van der Waals surface area contributed by atoms with E-state index in [0.717, 1.165) is 36.8 Å². The van der Waals surface area contributed by atoms with Crippen LogP contribution in [0.3, 0.4) is 0 Å². The molecule has 0 aliphatic heterocycles. The molecule has 33 heavy (non-hydrogen) atoms. The van der Waals surface area contributed by atoms with Gasteiger partial charge in [-0.25, -0.2) is 17.2 Å². The van der Waals surface area contributed by atoms with Crippen LogP contribution in [0, 0.1) is 5.92 Å². The first-order valence-corrected chi connectivity index (χ1v) is 11.6. The summed E-state index contributed by atoms with van der Waals surface area (Å²) < 4.78 is 86.1. The van der Waals surface area contributed by atoms with Crippen LogP contribution in [-0.4, -0.2) is 45.2 Å². The van der Waals surface area contributed by atoms with Gasteiger partial charge in [0.2, 0.25) is 5.60 Å². The summed E-state index contributed by atoms with van der Waals surface area (Å²) in [6.45, 7) is 0. The molecule has 1 saturated carbocycles. The summed E-state index contributed by atoms with van der Waals surface area (Å²) in [4.78, 5) is 10.7. The monoisotopic (exact) mass is 493 g/mol. The number of hydrogen-bond donors (Lipinski definition) is 2. The largest absolute Gasteiger partial charge is 0.427 e. The van der Waals surface area contributed by atoms with Crippen molar-refractivity contribution in [1.29, 1.82) is 0 Å². The second-order valence-corrected chi connectivity index (χ2v) is 9.67. The Bertz CT molecular complexity index is 1020. The molecule has 0 spiro atoms. The van der Waals surface area contributed by atoms with Crippen LogP contribution in [0.1, 0.15) is 24.0 Å². The van der Waals surface area contributed by atoms with E-state index >= 15 is 0 Å². The predicted molar refractivity (Wildman–Crippen MR) is 113 cm³/mol. The molecular formula is C22H24F5NO4S. The summed E-state index contributed by atoms with van der Waals surface area (Å²) in [7, 11) is -1.59. The number of carbonyl (C=O) groups is 1. The van der Waals surface area contributed by atoms with Gasteiger partial charge in [-0.2, -0.15) is 13.2 Å². The van der Waals surface area contributed by atoms with E-state index in [-0.39, 0.29) is 5.75 Å². The molecule has 0 aromatic heterocycles. The standard InChI is InChI=1S/C12H14O3S.C10H10F5NO/c13-8-7-10-3-5-12(6-4-10)16(14,15)9-11-1-2-11;1-16-7-4-2-6(3-5-7)9(17,8(11)12)10(13,14)15/h3-6,8,11H,1-2,7,9H2;2-5,8,16-17H,1H3. The molecule has 1 aliphatic rings. The van der Waals surface area contributed by atoms with Crippen LogP contribution in [0.4, 0.5) is 27.6 Å². The van der Waals surface area contributed by atoms with Crippen molar-refractivity contribution >= 4 is 21.8 Å². The van der Waals surface area contributed by atoms with E-state index in [2.05, 4.69) is 5.32 Å². The normalized spacial score (nSPS) is 15.9. The van der Waals surface area contributed by atoms with Crippen molar-refractivity contribution in [3.63, 3.8) is 0 Å². The van der Waals surface area contributed by atoms with Crippen LogP contribution < -0.4 is 5.32 Å². The summed E-state index contributed by atoms with van der Waals surface area (Å²) in [6, 6.07) is 10.6. The number of sulfone groups is 1. The van der Waals surface area contributed by atoms with Gasteiger partial charge in [-0.3, -0.25) is 0 Å². The van der Waals surface area contributed by atoms with Gasteiger partial charge in [0.25, 0.3) is 6.43 Å². The third kappa shape index (κ3) is 6.73. The highest BCUT2D eigenvalue weighted by atomic mass is 32.2. The SMILES string of the molecule is CNc1ccc(C(O)(C(F)F)C(F)(F)F)cc1.O=CCc1ccc(S(=O)(=O)CC2CC2)cc1. The highest BCUT2D eigenvalue weighted by Gasteiger charge is 2.61. The molecule has 0 saturated heterocycles. The second kappa shape index (κ2) is 10.6. The quantitative estimate of drug-likeness (QED) is 0.422. The molecule has 11 heteroatoms. The molecule has 0 amide bonds. The number of rotatable bonds is 8. The minimum absolute atomic E-state index is 0.264. The summed E-state index contributed by atoms with van der Waals surface area (Å²) >= 11 is 0. The van der Waals surface area contributed by atoms with Crippen LogP contribution in [-0.2, 0) is 26.7 Å². The van der Waals surface area contributed by atoms with E-state index in [0.29, 0.717) is 22.9 Å². The predicted octanol–water partition coefficient (Wildman–Crippen LogP) is 4.36. The Morgan fingerprint density at radius 2 is 1.61 bits per heavy atom. The molecule has 1 aliphatic carbocycles. The molecule has 3 rings (SSSR count). The minimum atomic E-state index is -5.44. The Labute approximate surface area is 188 Å². The highest BCUT2D eigenvalue weighted by Crippen LogP contribution is 2.43. The van der Waals surface area contributed by atoms with Gasteiger partial charge in [-0.1, -0.05) is 24.3 Å². The first-order chi connectivity index (χ1) is 15.3. The zero-order valence-corrected chi connectivity index (χ0v) is 18.5. The first kappa shape index (κ1) is 26.7. The number of nitrogens with one attached hydrogen (secondary N) is 1. The molecule has 0 heterocycles. The van der Waals surface area contributed by atoms with E-state index in [9.17, 15) is 35.2 Å². The fraction of sp³-hybridized carbons (Fsp3) is 0.409. The number of carbonyl (C=O) groups excluding carboxylic acids is 1. The number of anilines is 1. The van der Waals surface area contributed by atoms with Gasteiger partial charge < -0.3 is 15.2 Å². The van der Waals surface area contributed by atoms with Crippen LogP contribution in [0.25, 0.3) is 0 Å². The number of aliphatic hydroxyl groups is 1. The summed E-state index contributed by atoms with van der Waals surface area (Å²) in [5.74, 6) is 0.625. The van der Waals surface area contributed by atoms with Gasteiger partial charge in [0.05, 0.1) is 10.6 Å². The summed E-state index contributed by atoms with van der Waals surface area (Å²) in [5, 5.41) is 11.8. The molecule has 2 N–H and O–H groups in total. The van der Waals surface area contributed by atoms with E-state index < -0.39 is 33.6 Å². The fourth-order valence-electron chi connectivity index (χ4n) is 2.92. The smallest absolute Gasteiger partial charge is 0.388 e. The zero-order chi connectivity index (χ0) is 24.9. The number of aldehydes is 1. The summed E-state index contributed by atoms with van der Waals surface area (Å²) in [5.41, 5.74) is -3.73. The van der Waals surface area contributed by atoms with Crippen LogP contribution in [0.5, 0.6) is 0 Å². The van der Waals surface area contributed by atoms with Gasteiger partial charge in [-0.05, 0) is 54.2 Å². The van der Waals surface area contributed by atoms with Gasteiger partial charge in [0, 0.05) is 19.2 Å². The van der Waals surface area contributed by atoms with Crippen molar-refractivity contribution in [2.45, 2.75) is 42.4 Å². The number of hydrogen-bond acceptors (Lipinski definition) is 5. The average Bonchev–Trinajstić information content (AvgIpc) is 3.56. The van der Waals surface area contributed by atoms with Crippen LogP contribution >= 0.6 is 0 Å². The van der Waals surface area contributed by atoms with E-state index in [1.165, 1.54) is 19.2 Å². The topological polar surface area (TPSA) is 83.5 Å². The molecular weight excluding hydrogens is 469 g/mol. The third-order valence-electron chi connectivity index (χ3n) is 5.12. The third-order valence-corrected chi connectivity index (χ3v) is 7.02. The lowest BCUT2D eigenvalue weighted by atomic mass is 9.93. The zero-order valence-electron chi connectivity index (χ0n) is 17.6. The lowest BCUT2D eigenvalue weighted by molar-refractivity contribution is -0.305. The maximum Gasteiger partial charge on any atom is 0.427 e. The van der Waals surface area contributed by atoms with Crippen molar-refractivity contribution in [3.05, 3.63) is 59.7 Å². The average molecular weight is 493 g/mol. The van der Waals surface area contributed by atoms with Crippen molar-refractivity contribution < 1.29 is 40.3 Å². The lowest BCUT2D eigenvalue weighted by Gasteiger charge is -2.30. The lowest BCUT2D eigenvalue weighted by Crippen LogP contribution is -2.48. The molecule has 1 atom stereocenters. The molecule has 0 bridgehead atoms. The van der Waals surface area contributed by atoms with Crippen LogP contribution in [0.15, 0.2) is 53.4 Å². The first-order valence-electron chi connectivity index (χ1n) is 9.96. The molecule has 1 unspecified atom stereocenters. The number of benzene rings is 2. The van der Waals surface area contributed by atoms with Gasteiger partial charge in [0.15, 0.2) is 9.84 Å². The molecule has 182 valence electrons. The molecule has 2 aromatic carbocycles. The second-order valence-electron chi connectivity index (χ2n) is 7.63. The van der Waals surface area contributed by atoms with Crippen molar-refractivity contribution in [3.8, 4) is 0 Å². The van der Waals surface area contributed by atoms with Gasteiger partial charge >= 0.3 is 6.18 Å². The van der Waals surface area contributed by atoms with Crippen molar-refractivity contribution in [2.75, 3.05) is 18.1 Å². The maximum atomic E-state index is 12.5. The van der Waals surface area contributed by atoms with Crippen molar-refractivity contribution in [1.82, 2.24) is 0 Å². The Morgan fingerprint density at radius 1 is 1.06 bits per heavy atom. The Morgan fingerprint density at radius 3 is 2.00 bits per heavy atom. The van der Waals surface area contributed by atoms with Crippen LogP contribution in [0.2, 0.25) is 0 Å². The van der Waals surface area contributed by atoms with Crippen molar-refractivity contribution in [2.24, 2.45) is 5.92 Å². The van der Waals surface area contributed by atoms with Gasteiger partial charge in [-0.15, -0.1) is 0 Å². The highest BCUT2D eigenvalue weighted by molar-refractivity contribution is 7.91. The molecule has 0 radical (unpaired) electrons. The maximum absolute atomic E-state index is 12.5. The minimum Gasteiger partial charge on any atom is -0.388 e. The molecule has 1 fully saturated rings. The number of alkyl halides is 5. The van der Waals surface area contributed by atoms with E-state index in [1.807, 2.05) is 0 Å². The molecule has 2 aromatic rings. The Hall–Kier alpha value is -2.53.